The Labute approximate surface area is 50.0 Å². The normalized spacial score (nSPS) is 24.0. The molecule has 1 heterocycles. The molecule has 0 saturated carbocycles. The van der Waals surface area contributed by atoms with Crippen molar-refractivity contribution in [2.45, 2.75) is 0 Å². The van der Waals surface area contributed by atoms with Crippen molar-refractivity contribution in [3.05, 3.63) is 0 Å². The molecule has 0 bridgehead atoms. The van der Waals surface area contributed by atoms with Crippen LogP contribution in [0.2, 0.25) is 0 Å². The van der Waals surface area contributed by atoms with Crippen LogP contribution < -0.4 is 0 Å². The molecular weight excluding hydrogens is 482 g/mol. The van der Waals surface area contributed by atoms with Gasteiger partial charge in [-0.2, -0.15) is 0 Å². The predicted octanol–water partition coefficient (Wildman–Crippen LogP) is -0.000600. The Bertz CT molecular complexity index is 12.0. The van der Waals surface area contributed by atoms with Crippen LogP contribution in [0.1, 0.15) is 0 Å². The first kappa shape index (κ1) is 4.62. The predicted molar refractivity (Wildman–Crippen MR) is 29.5 cm³/mol. The minimum absolute atomic E-state index is 0.167. The van der Waals surface area contributed by atoms with Gasteiger partial charge in [-0.3, -0.25) is 0 Å². The van der Waals surface area contributed by atoms with Gasteiger partial charge in [0.1, 0.15) is 0 Å². The summed E-state index contributed by atoms with van der Waals surface area (Å²) in [4.78, 5) is 0. The standard InChI is InChI=1S/2Bi.2S.2H. The summed E-state index contributed by atoms with van der Waals surface area (Å²) in [6.07, 6.45) is 0. The fraction of sp³-hybridized carbons (Fsp3) is 0. The van der Waals surface area contributed by atoms with Gasteiger partial charge in [0.2, 0.25) is 0 Å². The molecule has 1 saturated heterocycles. The molecule has 1 aliphatic rings. The fourth-order valence-electron chi connectivity index (χ4n) is 0.0417. The molecule has 4 heavy (non-hydrogen) atoms. The minimum atomic E-state index is 0.167. The van der Waals surface area contributed by atoms with Gasteiger partial charge < -0.3 is 0 Å². The molecule has 0 aliphatic carbocycles. The summed E-state index contributed by atoms with van der Waals surface area (Å²) in [5.41, 5.74) is 0. The third kappa shape index (κ3) is 1.28. The van der Waals surface area contributed by atoms with E-state index in [4.69, 9.17) is 0 Å². The van der Waals surface area contributed by atoms with E-state index in [0.717, 1.165) is 0 Å². The van der Waals surface area contributed by atoms with E-state index in [0.29, 0.717) is 0 Å². The van der Waals surface area contributed by atoms with Gasteiger partial charge >= 0.3 is 51.2 Å². The Balaban J connectivity index is 2.00. The zero-order valence-corrected chi connectivity index (χ0v) is 11.2. The average Bonchev–Trinajstić information content (AvgIpc) is 0.722. The number of hydrogen-bond donors (Lipinski definition) is 0. The van der Waals surface area contributed by atoms with Gasteiger partial charge in [0.05, 0.1) is 0 Å². The van der Waals surface area contributed by atoms with Crippen molar-refractivity contribution in [3.63, 3.8) is 0 Å². The van der Waals surface area contributed by atoms with Crippen LogP contribution in [-0.2, 0) is 0 Å². The third-order valence-electron chi connectivity index (χ3n) is 0.167. The van der Waals surface area contributed by atoms with Crippen LogP contribution in [0.5, 0.6) is 0 Å². The zero-order valence-electron chi connectivity index (χ0n) is 1.82. The Morgan fingerprint density at radius 3 is 1.25 bits per heavy atom. The van der Waals surface area contributed by atoms with Gasteiger partial charge in [0.25, 0.3) is 0 Å². The molecule has 0 nitrogen and oxygen atoms in total. The van der Waals surface area contributed by atoms with Crippen LogP contribution in [0.15, 0.2) is 0 Å². The van der Waals surface area contributed by atoms with E-state index >= 15 is 0 Å². The summed E-state index contributed by atoms with van der Waals surface area (Å²) in [5, 5.41) is 4.78. The van der Waals surface area contributed by atoms with Crippen molar-refractivity contribution in [2.75, 3.05) is 0 Å². The number of hydrogen-bond acceptors (Lipinski definition) is 2. The van der Waals surface area contributed by atoms with E-state index in [1.807, 2.05) is 0 Å². The molecule has 0 spiro atoms. The summed E-state index contributed by atoms with van der Waals surface area (Å²) in [5.74, 6) is 0. The zero-order chi connectivity index (χ0) is 2.83. The SMILES string of the molecule is [S]1[BiH][S][BiH]1. The molecule has 1 rings (SSSR count). The van der Waals surface area contributed by atoms with Crippen LogP contribution in [0.3, 0.4) is 0 Å². The molecule has 0 aromatic rings. The van der Waals surface area contributed by atoms with Crippen molar-refractivity contribution >= 4 is 51.2 Å². The molecule has 0 N–H and O–H groups in total. The van der Waals surface area contributed by atoms with Crippen molar-refractivity contribution in [3.8, 4) is 0 Å². The molecule has 0 aromatic heterocycles. The second kappa shape index (κ2) is 2.61. The summed E-state index contributed by atoms with van der Waals surface area (Å²) in [6, 6.07) is 0. The number of rotatable bonds is 0. The summed E-state index contributed by atoms with van der Waals surface area (Å²) in [6.45, 7) is 0. The van der Waals surface area contributed by atoms with Gasteiger partial charge in [-0.1, -0.05) is 0 Å². The maximum atomic E-state index is 2.39. The summed E-state index contributed by atoms with van der Waals surface area (Å²) in [7, 11) is 0. The first-order valence-corrected chi connectivity index (χ1v) is 21.5. The maximum absolute atomic E-state index is 2.39. The Hall–Kier alpha value is 2.47. The molecule has 0 amide bonds. The summed E-state index contributed by atoms with van der Waals surface area (Å²) >= 11 is 0.333. The van der Waals surface area contributed by atoms with E-state index in [9.17, 15) is 0 Å². The third-order valence-corrected chi connectivity index (χ3v) is 115. The van der Waals surface area contributed by atoms with Crippen LogP contribution in [0.25, 0.3) is 0 Å². The Morgan fingerprint density at radius 2 is 1.25 bits per heavy atom. The molecule has 0 aromatic carbocycles. The Kier molecular flexibility index (Phi) is 3.01. The van der Waals surface area contributed by atoms with Gasteiger partial charge in [0.15, 0.2) is 0 Å². The van der Waals surface area contributed by atoms with E-state index in [1.165, 1.54) is 0 Å². The van der Waals surface area contributed by atoms with Crippen LogP contribution in [0.4, 0.5) is 0 Å². The molecule has 4 heteroatoms. The quantitative estimate of drug-likeness (QED) is 0.445. The molecule has 1 fully saturated rings. The first-order chi connectivity index (χ1) is 2.00. The van der Waals surface area contributed by atoms with Crippen molar-refractivity contribution in [1.29, 1.82) is 0 Å². The van der Waals surface area contributed by atoms with Crippen LogP contribution in [0, 0.1) is 0 Å². The van der Waals surface area contributed by atoms with Crippen LogP contribution >= 0.6 is 10.5 Å². The van der Waals surface area contributed by atoms with Gasteiger partial charge in [-0.25, -0.2) is 0 Å². The van der Waals surface area contributed by atoms with Crippen molar-refractivity contribution in [2.24, 2.45) is 0 Å². The van der Waals surface area contributed by atoms with Gasteiger partial charge in [-0.15, -0.1) is 0 Å². The second-order valence-electron chi connectivity index (χ2n) is 0.371. The molecule has 0 unspecified atom stereocenters. The molecule has 1 aliphatic heterocycles. The second-order valence-corrected chi connectivity index (χ2v) is 60.3. The van der Waals surface area contributed by atoms with Crippen LogP contribution in [-0.4, -0.2) is 40.6 Å². The van der Waals surface area contributed by atoms with E-state index < -0.39 is 0 Å². The van der Waals surface area contributed by atoms with E-state index in [2.05, 4.69) is 10.5 Å². The summed E-state index contributed by atoms with van der Waals surface area (Å²) < 4.78 is 0. The molecule has 24 valence electrons. The molecule has 0 atom stereocenters. The molecular formula is H2Bi2S2. The monoisotopic (exact) mass is 484 g/mol. The fourth-order valence-corrected chi connectivity index (χ4v) is 28.9. The average molecular weight is 484 g/mol. The van der Waals surface area contributed by atoms with Crippen molar-refractivity contribution < 1.29 is 0 Å². The van der Waals surface area contributed by atoms with Gasteiger partial charge in [-0.05, 0) is 0 Å². The Morgan fingerprint density at radius 1 is 1.00 bits per heavy atom. The van der Waals surface area contributed by atoms with E-state index in [-0.39, 0.29) is 40.6 Å². The van der Waals surface area contributed by atoms with Crippen molar-refractivity contribution in [1.82, 2.24) is 0 Å². The molecule has 0 radical (unpaired) electrons. The van der Waals surface area contributed by atoms with Gasteiger partial charge in [0, 0.05) is 0 Å². The first-order valence-electron chi connectivity index (χ1n) is 0.816. The van der Waals surface area contributed by atoms with E-state index in [1.54, 1.807) is 0 Å². The topological polar surface area (TPSA) is 0 Å².